The molecule has 1 aromatic carbocycles. The fraction of sp³-hybridized carbons (Fsp3) is 0.389. The maximum Gasteiger partial charge on any atom is 0.420 e. The molecule has 1 N–H and O–H groups in total. The summed E-state index contributed by atoms with van der Waals surface area (Å²) in [6.07, 6.45) is -3.99. The molecule has 0 spiro atoms. The Balaban J connectivity index is 1.76. The Hall–Kier alpha value is -2.75. The lowest BCUT2D eigenvalue weighted by Crippen LogP contribution is -2.48. The minimum Gasteiger partial charge on any atom is -0.494 e. The highest BCUT2D eigenvalue weighted by molar-refractivity contribution is 6.30. The molecule has 1 saturated heterocycles. The van der Waals surface area contributed by atoms with Crippen LogP contribution in [-0.2, 0) is 11.0 Å². The fourth-order valence-electron chi connectivity index (χ4n) is 2.99. The van der Waals surface area contributed by atoms with E-state index < -0.39 is 16.9 Å². The van der Waals surface area contributed by atoms with Crippen LogP contribution in [0, 0.1) is 0 Å². The second kappa shape index (κ2) is 8.32. The SMILES string of the molecule is COc1cc(N2CCN(C(C)=O)CC2)ccc1Nc1ncc(C(F)(F)F)c(Cl)n1. The molecule has 1 aliphatic rings. The third-order valence-electron chi connectivity index (χ3n) is 4.57. The van der Waals surface area contributed by atoms with Gasteiger partial charge in [-0.1, -0.05) is 11.6 Å². The van der Waals surface area contributed by atoms with Gasteiger partial charge in [0.2, 0.25) is 11.9 Å². The molecular formula is C18H19ClF3N5O2. The lowest BCUT2D eigenvalue weighted by molar-refractivity contribution is -0.138. The normalized spacial score (nSPS) is 14.7. The highest BCUT2D eigenvalue weighted by atomic mass is 35.5. The third-order valence-corrected chi connectivity index (χ3v) is 4.86. The number of ether oxygens (including phenoxy) is 1. The molecule has 156 valence electrons. The number of nitrogens with one attached hydrogen (secondary N) is 1. The Morgan fingerprint density at radius 1 is 1.24 bits per heavy atom. The Morgan fingerprint density at radius 2 is 1.93 bits per heavy atom. The molecule has 2 aromatic rings. The summed E-state index contributed by atoms with van der Waals surface area (Å²) in [6.45, 7) is 4.19. The van der Waals surface area contributed by atoms with Gasteiger partial charge in [-0.15, -0.1) is 0 Å². The second-order valence-electron chi connectivity index (χ2n) is 6.40. The van der Waals surface area contributed by atoms with Crippen molar-refractivity contribution in [3.63, 3.8) is 0 Å². The molecule has 7 nitrogen and oxygen atoms in total. The standard InChI is InChI=1S/C18H19ClF3N5O2/c1-11(28)26-5-7-27(8-6-26)12-3-4-14(15(9-12)29-2)24-17-23-10-13(16(19)25-17)18(20,21)22/h3-4,9-10H,5-8H2,1-2H3,(H,23,24,25). The first kappa shape index (κ1) is 21.0. The minimum absolute atomic E-state index is 0.0528. The number of rotatable bonds is 4. The molecule has 0 saturated carbocycles. The van der Waals surface area contributed by atoms with Crippen molar-refractivity contribution in [3.8, 4) is 5.75 Å². The monoisotopic (exact) mass is 429 g/mol. The number of halogens is 4. The van der Waals surface area contributed by atoms with E-state index in [-0.39, 0.29) is 11.9 Å². The van der Waals surface area contributed by atoms with E-state index in [1.807, 2.05) is 6.07 Å². The Kier molecular flexibility index (Phi) is 6.02. The molecule has 29 heavy (non-hydrogen) atoms. The van der Waals surface area contributed by atoms with Crippen LogP contribution in [0.2, 0.25) is 5.15 Å². The number of amides is 1. The van der Waals surface area contributed by atoms with E-state index in [0.29, 0.717) is 43.8 Å². The van der Waals surface area contributed by atoms with Gasteiger partial charge >= 0.3 is 6.18 Å². The number of alkyl halides is 3. The Bertz CT molecular complexity index is 902. The van der Waals surface area contributed by atoms with Gasteiger partial charge in [0, 0.05) is 51.1 Å². The van der Waals surface area contributed by atoms with E-state index in [1.165, 1.54) is 7.11 Å². The van der Waals surface area contributed by atoms with Crippen LogP contribution < -0.4 is 15.0 Å². The number of hydrogen-bond donors (Lipinski definition) is 1. The Labute approximate surface area is 170 Å². The molecule has 0 atom stereocenters. The maximum absolute atomic E-state index is 12.8. The van der Waals surface area contributed by atoms with Crippen molar-refractivity contribution in [2.75, 3.05) is 43.5 Å². The summed E-state index contributed by atoms with van der Waals surface area (Å²) in [5.41, 5.74) is 0.285. The Morgan fingerprint density at radius 3 is 2.48 bits per heavy atom. The molecule has 3 rings (SSSR count). The van der Waals surface area contributed by atoms with Gasteiger partial charge in [-0.25, -0.2) is 9.97 Å². The van der Waals surface area contributed by atoms with Crippen molar-refractivity contribution in [1.82, 2.24) is 14.9 Å². The number of methoxy groups -OCH3 is 1. The van der Waals surface area contributed by atoms with Gasteiger partial charge in [-0.3, -0.25) is 4.79 Å². The molecule has 1 aliphatic heterocycles. The second-order valence-corrected chi connectivity index (χ2v) is 6.76. The summed E-state index contributed by atoms with van der Waals surface area (Å²) in [4.78, 5) is 22.7. The molecule has 2 heterocycles. The zero-order valence-corrected chi connectivity index (χ0v) is 16.5. The third kappa shape index (κ3) is 4.81. The van der Waals surface area contributed by atoms with Gasteiger partial charge in [-0.2, -0.15) is 13.2 Å². The molecule has 11 heteroatoms. The molecule has 1 fully saturated rings. The average Bonchev–Trinajstić information content (AvgIpc) is 2.67. The minimum atomic E-state index is -4.62. The summed E-state index contributed by atoms with van der Waals surface area (Å²) in [7, 11) is 1.48. The van der Waals surface area contributed by atoms with Crippen molar-refractivity contribution < 1.29 is 22.7 Å². The highest BCUT2D eigenvalue weighted by Crippen LogP contribution is 2.35. The fourth-order valence-corrected chi connectivity index (χ4v) is 3.23. The molecule has 0 aliphatic carbocycles. The van der Waals surface area contributed by atoms with Crippen LogP contribution in [0.25, 0.3) is 0 Å². The zero-order valence-electron chi connectivity index (χ0n) is 15.8. The smallest absolute Gasteiger partial charge is 0.420 e. The van der Waals surface area contributed by atoms with Crippen LogP contribution >= 0.6 is 11.6 Å². The molecular weight excluding hydrogens is 411 g/mol. The summed E-state index contributed by atoms with van der Waals surface area (Å²) in [5.74, 6) is 0.442. The zero-order chi connectivity index (χ0) is 21.2. The van der Waals surface area contributed by atoms with E-state index in [4.69, 9.17) is 16.3 Å². The van der Waals surface area contributed by atoms with Gasteiger partial charge in [0.1, 0.15) is 16.5 Å². The molecule has 0 unspecified atom stereocenters. The van der Waals surface area contributed by atoms with Crippen molar-refractivity contribution in [2.45, 2.75) is 13.1 Å². The number of carbonyl (C=O) groups excluding carboxylic acids is 1. The van der Waals surface area contributed by atoms with Crippen LogP contribution in [0.1, 0.15) is 12.5 Å². The number of nitrogens with zero attached hydrogens (tertiary/aromatic N) is 4. The van der Waals surface area contributed by atoms with Gasteiger partial charge in [0.15, 0.2) is 0 Å². The average molecular weight is 430 g/mol. The summed E-state index contributed by atoms with van der Waals surface area (Å²) >= 11 is 5.64. The van der Waals surface area contributed by atoms with Crippen molar-refractivity contribution in [2.24, 2.45) is 0 Å². The molecule has 1 aromatic heterocycles. The van der Waals surface area contributed by atoms with Crippen LogP contribution in [0.4, 0.5) is 30.5 Å². The summed E-state index contributed by atoms with van der Waals surface area (Å²) < 4.78 is 43.7. The predicted octanol–water partition coefficient (Wildman–Crippen LogP) is 3.57. The van der Waals surface area contributed by atoms with Gasteiger partial charge < -0.3 is 19.9 Å². The van der Waals surface area contributed by atoms with Gasteiger partial charge in [0.05, 0.1) is 12.8 Å². The number of anilines is 3. The molecule has 0 bridgehead atoms. The first-order valence-electron chi connectivity index (χ1n) is 8.74. The van der Waals surface area contributed by atoms with E-state index in [1.54, 1.807) is 24.0 Å². The maximum atomic E-state index is 12.8. The summed E-state index contributed by atoms with van der Waals surface area (Å²) in [5, 5.41) is 2.14. The lowest BCUT2D eigenvalue weighted by atomic mass is 10.2. The van der Waals surface area contributed by atoms with Gasteiger partial charge in [-0.05, 0) is 12.1 Å². The number of hydrogen-bond acceptors (Lipinski definition) is 6. The van der Waals surface area contributed by atoms with Crippen molar-refractivity contribution in [1.29, 1.82) is 0 Å². The van der Waals surface area contributed by atoms with E-state index in [9.17, 15) is 18.0 Å². The molecule has 1 amide bonds. The number of aromatic nitrogens is 2. The topological polar surface area (TPSA) is 70.6 Å². The molecule has 0 radical (unpaired) electrons. The first-order valence-corrected chi connectivity index (χ1v) is 9.12. The predicted molar refractivity (Wildman–Crippen MR) is 103 cm³/mol. The van der Waals surface area contributed by atoms with Crippen LogP contribution in [-0.4, -0.2) is 54.1 Å². The van der Waals surface area contributed by atoms with Crippen LogP contribution in [0.3, 0.4) is 0 Å². The van der Waals surface area contributed by atoms with E-state index in [2.05, 4.69) is 20.2 Å². The van der Waals surface area contributed by atoms with E-state index >= 15 is 0 Å². The lowest BCUT2D eigenvalue weighted by Gasteiger charge is -2.35. The van der Waals surface area contributed by atoms with Crippen molar-refractivity contribution >= 4 is 34.8 Å². The quantitative estimate of drug-likeness (QED) is 0.749. The van der Waals surface area contributed by atoms with Crippen LogP contribution in [0.5, 0.6) is 5.75 Å². The largest absolute Gasteiger partial charge is 0.494 e. The number of benzene rings is 1. The van der Waals surface area contributed by atoms with Crippen molar-refractivity contribution in [3.05, 3.63) is 35.1 Å². The highest BCUT2D eigenvalue weighted by Gasteiger charge is 2.34. The van der Waals surface area contributed by atoms with E-state index in [0.717, 1.165) is 5.69 Å². The summed E-state index contributed by atoms with van der Waals surface area (Å²) in [6, 6.07) is 5.37. The number of piperazine rings is 1. The number of carbonyl (C=O) groups is 1. The first-order chi connectivity index (χ1) is 13.7. The van der Waals surface area contributed by atoms with Crippen LogP contribution in [0.15, 0.2) is 24.4 Å². The van der Waals surface area contributed by atoms with Gasteiger partial charge in [0.25, 0.3) is 0 Å².